The first-order chi connectivity index (χ1) is 7.18. The van der Waals surface area contributed by atoms with E-state index in [1.807, 2.05) is 18.2 Å². The summed E-state index contributed by atoms with van der Waals surface area (Å²) in [6.07, 6.45) is 0. The molecule has 0 aromatic heterocycles. The Labute approximate surface area is 84.5 Å². The van der Waals surface area contributed by atoms with Crippen molar-refractivity contribution in [3.63, 3.8) is 0 Å². The van der Waals surface area contributed by atoms with Gasteiger partial charge < -0.3 is 15.8 Å². The van der Waals surface area contributed by atoms with Crippen molar-refractivity contribution in [3.05, 3.63) is 30.3 Å². The molecular weight excluding hydrogens is 180 g/mol. The summed E-state index contributed by atoms with van der Waals surface area (Å²) in [5.74, 6) is 0.225. The zero-order chi connectivity index (χ0) is 11.1. The molecule has 0 saturated carbocycles. The summed E-state index contributed by atoms with van der Waals surface area (Å²) >= 11 is 0. The lowest BCUT2D eigenvalue weighted by Crippen LogP contribution is -2.31. The molecule has 0 radical (unpaired) electrons. The van der Waals surface area contributed by atoms with Crippen LogP contribution in [0.2, 0.25) is 0 Å². The van der Waals surface area contributed by atoms with Crippen molar-refractivity contribution in [2.24, 2.45) is 5.73 Å². The van der Waals surface area contributed by atoms with Gasteiger partial charge in [-0.15, -0.1) is 0 Å². The van der Waals surface area contributed by atoms with Gasteiger partial charge in [0.05, 0.1) is 6.54 Å². The van der Waals surface area contributed by atoms with Gasteiger partial charge in [0.2, 0.25) is 5.91 Å². The minimum Gasteiger partial charge on any atom is -0.492 e. The van der Waals surface area contributed by atoms with Gasteiger partial charge >= 0.3 is 0 Å². The highest BCUT2D eigenvalue weighted by Gasteiger charge is 1.93. The highest BCUT2D eigenvalue weighted by Crippen LogP contribution is 2.07. The first kappa shape index (κ1) is 9.02. The van der Waals surface area contributed by atoms with Crippen molar-refractivity contribution >= 4 is 5.91 Å². The van der Waals surface area contributed by atoms with E-state index >= 15 is 0 Å². The first-order valence-corrected chi connectivity index (χ1v) is 4.30. The molecule has 76 valence electrons. The molecule has 0 saturated heterocycles. The fraction of sp³-hybridized carbons (Fsp3) is 0.300. The summed E-state index contributed by atoms with van der Waals surface area (Å²) in [5, 5.41) is 2.62. The number of para-hydroxylation sites is 1. The predicted octanol–water partition coefficient (Wildman–Crippen LogP) is 0.140. The monoisotopic (exact) mass is 195 g/mol. The van der Waals surface area contributed by atoms with Crippen LogP contribution in [0.4, 0.5) is 0 Å². The number of rotatable bonds is 6. The second kappa shape index (κ2) is 5.99. The molecule has 1 amide bonds. The fourth-order valence-corrected chi connectivity index (χ4v) is 0.886. The van der Waals surface area contributed by atoms with Crippen LogP contribution in [-0.2, 0) is 4.79 Å². The molecule has 1 aromatic rings. The van der Waals surface area contributed by atoms with E-state index in [-0.39, 0.29) is 13.2 Å². The van der Waals surface area contributed by atoms with Crippen LogP contribution in [0.1, 0.15) is 1.37 Å². The molecule has 0 heterocycles. The molecule has 0 spiro atoms. The number of nitrogens with one attached hydrogen (secondary N) is 1. The SMILES string of the molecule is [2H]C(COc1ccccc1)NCC(N)=O. The van der Waals surface area contributed by atoms with Gasteiger partial charge in [0.15, 0.2) is 0 Å². The minimum absolute atomic E-state index is 0.00762. The zero-order valence-corrected chi connectivity index (χ0v) is 7.77. The lowest BCUT2D eigenvalue weighted by Gasteiger charge is -2.05. The summed E-state index contributed by atoms with van der Waals surface area (Å²) in [4.78, 5) is 10.4. The van der Waals surface area contributed by atoms with Crippen LogP contribution in [0.15, 0.2) is 30.3 Å². The van der Waals surface area contributed by atoms with Crippen molar-refractivity contribution in [1.29, 1.82) is 0 Å². The quantitative estimate of drug-likeness (QED) is 0.678. The Kier molecular flexibility index (Phi) is 3.86. The zero-order valence-electron chi connectivity index (χ0n) is 8.77. The maximum Gasteiger partial charge on any atom is 0.231 e. The van der Waals surface area contributed by atoms with E-state index < -0.39 is 12.4 Å². The maximum absolute atomic E-state index is 10.4. The first-order valence-electron chi connectivity index (χ1n) is 4.88. The topological polar surface area (TPSA) is 64.3 Å². The Balaban J connectivity index is 2.22. The Morgan fingerprint density at radius 2 is 2.21 bits per heavy atom. The van der Waals surface area contributed by atoms with Gasteiger partial charge in [-0.2, -0.15) is 0 Å². The van der Waals surface area contributed by atoms with E-state index in [0.29, 0.717) is 5.75 Å². The van der Waals surface area contributed by atoms with E-state index in [9.17, 15) is 4.79 Å². The van der Waals surface area contributed by atoms with Gasteiger partial charge in [-0.3, -0.25) is 4.79 Å². The number of nitrogens with two attached hydrogens (primary N) is 1. The molecule has 1 aromatic carbocycles. The number of carbonyl (C=O) groups is 1. The average molecular weight is 195 g/mol. The molecule has 4 heteroatoms. The number of ether oxygens (including phenoxy) is 1. The Morgan fingerprint density at radius 3 is 2.86 bits per heavy atom. The van der Waals surface area contributed by atoms with Crippen LogP contribution < -0.4 is 15.8 Å². The van der Waals surface area contributed by atoms with Gasteiger partial charge in [0.25, 0.3) is 0 Å². The van der Waals surface area contributed by atoms with Crippen LogP contribution in [-0.4, -0.2) is 25.6 Å². The van der Waals surface area contributed by atoms with E-state index in [1.165, 1.54) is 0 Å². The van der Waals surface area contributed by atoms with Crippen molar-refractivity contribution in [1.82, 2.24) is 5.32 Å². The Hall–Kier alpha value is -1.55. The number of carbonyl (C=O) groups excluding carboxylic acids is 1. The molecule has 1 unspecified atom stereocenters. The Morgan fingerprint density at radius 1 is 1.50 bits per heavy atom. The van der Waals surface area contributed by atoms with Crippen molar-refractivity contribution in [2.75, 3.05) is 19.7 Å². The standard InChI is InChI=1S/C10H14N2O2/c11-10(13)8-12-6-7-14-9-4-2-1-3-5-9/h1-5,12H,6-8H2,(H2,11,13)/i6D. The van der Waals surface area contributed by atoms with E-state index in [2.05, 4.69) is 5.32 Å². The van der Waals surface area contributed by atoms with E-state index in [4.69, 9.17) is 11.8 Å². The third kappa shape index (κ3) is 4.47. The van der Waals surface area contributed by atoms with Crippen LogP contribution in [0, 0.1) is 0 Å². The number of hydrogen-bond donors (Lipinski definition) is 2. The molecule has 14 heavy (non-hydrogen) atoms. The average Bonchev–Trinajstić information content (AvgIpc) is 2.25. The minimum atomic E-state index is -0.655. The highest BCUT2D eigenvalue weighted by molar-refractivity contribution is 5.75. The number of primary amides is 1. The number of hydrogen-bond acceptors (Lipinski definition) is 3. The fourth-order valence-electron chi connectivity index (χ4n) is 0.886. The molecule has 3 N–H and O–H groups in total. The van der Waals surface area contributed by atoms with Crippen LogP contribution in [0.25, 0.3) is 0 Å². The van der Waals surface area contributed by atoms with Crippen molar-refractivity contribution < 1.29 is 10.9 Å². The van der Waals surface area contributed by atoms with Crippen LogP contribution >= 0.6 is 0 Å². The molecule has 0 aliphatic rings. The molecule has 1 atom stereocenters. The summed E-state index contributed by atoms with van der Waals surface area (Å²) in [5.41, 5.74) is 4.92. The lowest BCUT2D eigenvalue weighted by molar-refractivity contribution is -0.117. The summed E-state index contributed by atoms with van der Waals surface area (Å²) in [6, 6.07) is 9.20. The third-order valence-corrected chi connectivity index (χ3v) is 1.50. The summed E-state index contributed by atoms with van der Waals surface area (Å²) in [6.45, 7) is -0.485. The maximum atomic E-state index is 10.4. The Bertz CT molecular complexity index is 306. The smallest absolute Gasteiger partial charge is 0.231 e. The normalized spacial score (nSPS) is 13.0. The molecule has 0 bridgehead atoms. The molecule has 4 nitrogen and oxygen atoms in total. The van der Waals surface area contributed by atoms with E-state index in [0.717, 1.165) is 0 Å². The summed E-state index contributed by atoms with van der Waals surface area (Å²) in [7, 11) is 0. The van der Waals surface area contributed by atoms with Gasteiger partial charge in [0, 0.05) is 7.89 Å². The second-order valence-corrected chi connectivity index (χ2v) is 2.68. The second-order valence-electron chi connectivity index (χ2n) is 2.68. The molecule has 0 aliphatic heterocycles. The summed E-state index contributed by atoms with van der Waals surface area (Å²) < 4.78 is 12.8. The van der Waals surface area contributed by atoms with Gasteiger partial charge in [-0.1, -0.05) is 18.2 Å². The van der Waals surface area contributed by atoms with E-state index in [1.54, 1.807) is 12.1 Å². The van der Waals surface area contributed by atoms with Gasteiger partial charge in [-0.25, -0.2) is 0 Å². The van der Waals surface area contributed by atoms with Crippen molar-refractivity contribution in [3.8, 4) is 5.75 Å². The van der Waals surface area contributed by atoms with Crippen LogP contribution in [0.3, 0.4) is 0 Å². The van der Waals surface area contributed by atoms with Gasteiger partial charge in [-0.05, 0) is 12.1 Å². The van der Waals surface area contributed by atoms with Crippen LogP contribution in [0.5, 0.6) is 5.75 Å². The molecule has 1 rings (SSSR count). The number of benzene rings is 1. The number of amides is 1. The lowest BCUT2D eigenvalue weighted by atomic mass is 10.3. The highest BCUT2D eigenvalue weighted by atomic mass is 16.5. The third-order valence-electron chi connectivity index (χ3n) is 1.50. The molecule has 0 fully saturated rings. The predicted molar refractivity (Wildman–Crippen MR) is 54.0 cm³/mol. The molecular formula is C10H14N2O2. The van der Waals surface area contributed by atoms with Gasteiger partial charge in [0.1, 0.15) is 12.4 Å². The largest absolute Gasteiger partial charge is 0.492 e. The molecule has 0 aliphatic carbocycles. The van der Waals surface area contributed by atoms with Crippen molar-refractivity contribution in [2.45, 2.75) is 0 Å².